The average Bonchev–Trinajstić information content (AvgIpc) is 3.01. The number of benzene rings is 1. The van der Waals surface area contributed by atoms with Gasteiger partial charge in [-0.15, -0.1) is 11.3 Å². The molecule has 6 nitrogen and oxygen atoms in total. The molecule has 1 aromatic carbocycles. The number of para-hydroxylation sites is 1. The lowest BCUT2D eigenvalue weighted by Crippen LogP contribution is -2.32. The van der Waals surface area contributed by atoms with E-state index in [1.54, 1.807) is 31.4 Å². The Balaban J connectivity index is 1.98. The van der Waals surface area contributed by atoms with E-state index in [9.17, 15) is 4.79 Å². The van der Waals surface area contributed by atoms with Gasteiger partial charge in [-0.25, -0.2) is 4.79 Å². The summed E-state index contributed by atoms with van der Waals surface area (Å²) in [4.78, 5) is 13.1. The maximum Gasteiger partial charge on any atom is 0.319 e. The second kappa shape index (κ2) is 8.77. The van der Waals surface area contributed by atoms with Crippen LogP contribution in [0, 0.1) is 0 Å². The van der Waals surface area contributed by atoms with Crippen LogP contribution in [0.4, 0.5) is 10.5 Å². The fourth-order valence-corrected chi connectivity index (χ4v) is 3.28. The number of carbonyl (C=O) groups excluding carboxylic acids is 1. The highest BCUT2D eigenvalue weighted by Gasteiger charge is 2.16. The Kier molecular flexibility index (Phi) is 6.72. The molecule has 1 unspecified atom stereocenters. The zero-order valence-electron chi connectivity index (χ0n) is 13.6. The van der Waals surface area contributed by atoms with Gasteiger partial charge in [-0.2, -0.15) is 0 Å². The van der Waals surface area contributed by atoms with Crippen LogP contribution in [-0.2, 0) is 4.74 Å². The van der Waals surface area contributed by atoms with Gasteiger partial charge in [0, 0.05) is 12.0 Å². The fourth-order valence-electron chi connectivity index (χ4n) is 2.14. The van der Waals surface area contributed by atoms with E-state index in [0.29, 0.717) is 28.1 Å². The van der Waals surface area contributed by atoms with Crippen molar-refractivity contribution < 1.29 is 19.0 Å². The van der Waals surface area contributed by atoms with E-state index < -0.39 is 0 Å². The summed E-state index contributed by atoms with van der Waals surface area (Å²) < 4.78 is 16.6. The van der Waals surface area contributed by atoms with E-state index in [-0.39, 0.29) is 12.1 Å². The molecule has 0 spiro atoms. The zero-order valence-corrected chi connectivity index (χ0v) is 15.2. The lowest BCUT2D eigenvalue weighted by molar-refractivity contribution is 0.107. The number of methoxy groups -OCH3 is 3. The van der Waals surface area contributed by atoms with E-state index in [1.165, 1.54) is 25.6 Å². The molecule has 1 aromatic heterocycles. The molecule has 130 valence electrons. The number of amides is 2. The van der Waals surface area contributed by atoms with E-state index in [1.807, 2.05) is 6.07 Å². The van der Waals surface area contributed by atoms with Gasteiger partial charge in [0.05, 0.1) is 30.8 Å². The number of carbonyl (C=O) groups is 1. The Bertz CT molecular complexity index is 692. The molecule has 0 bridgehead atoms. The van der Waals surface area contributed by atoms with Gasteiger partial charge in [0.15, 0.2) is 11.5 Å². The summed E-state index contributed by atoms with van der Waals surface area (Å²) in [6.07, 6.45) is -0.263. The third kappa shape index (κ3) is 4.53. The van der Waals surface area contributed by atoms with Crippen molar-refractivity contribution >= 4 is 34.7 Å². The molecule has 0 radical (unpaired) electrons. The molecular formula is C16H19ClN2O4S. The van der Waals surface area contributed by atoms with Crippen molar-refractivity contribution in [1.29, 1.82) is 0 Å². The molecule has 8 heteroatoms. The van der Waals surface area contributed by atoms with Gasteiger partial charge in [-0.05, 0) is 24.3 Å². The number of nitrogens with one attached hydrogen (secondary N) is 2. The zero-order chi connectivity index (χ0) is 17.5. The Morgan fingerprint density at radius 1 is 1.21 bits per heavy atom. The maximum absolute atomic E-state index is 12.1. The Morgan fingerprint density at radius 2 is 2.00 bits per heavy atom. The minimum atomic E-state index is -0.369. The number of urea groups is 1. The summed E-state index contributed by atoms with van der Waals surface area (Å²) in [6, 6.07) is 8.56. The highest BCUT2D eigenvalue weighted by atomic mass is 35.5. The molecule has 24 heavy (non-hydrogen) atoms. The lowest BCUT2D eigenvalue weighted by Gasteiger charge is -2.16. The molecule has 0 saturated carbocycles. The lowest BCUT2D eigenvalue weighted by atomic mass is 10.2. The van der Waals surface area contributed by atoms with Crippen LogP contribution in [0.2, 0.25) is 4.34 Å². The van der Waals surface area contributed by atoms with Crippen molar-refractivity contribution in [3.05, 3.63) is 39.5 Å². The minimum absolute atomic E-state index is 0.263. The predicted molar refractivity (Wildman–Crippen MR) is 95.6 cm³/mol. The largest absolute Gasteiger partial charge is 0.493 e. The summed E-state index contributed by atoms with van der Waals surface area (Å²) in [6.45, 7) is 0.311. The number of halogens is 1. The standard InChI is InChI=1S/C16H19ClN2O4S/c1-21-11-6-4-5-10(15(11)23-3)19-16(20)18-9-12(22-2)13-7-8-14(17)24-13/h4-8,12H,9H2,1-3H3,(H2,18,19,20). The van der Waals surface area contributed by atoms with E-state index >= 15 is 0 Å². The van der Waals surface area contributed by atoms with Gasteiger partial charge < -0.3 is 24.8 Å². The number of anilines is 1. The summed E-state index contributed by atoms with van der Waals surface area (Å²) in [5.74, 6) is 1.00. The fraction of sp³-hybridized carbons (Fsp3) is 0.312. The Labute approximate surface area is 149 Å². The SMILES string of the molecule is COc1cccc(NC(=O)NCC(OC)c2ccc(Cl)s2)c1OC. The minimum Gasteiger partial charge on any atom is -0.493 e. The second-order valence-corrected chi connectivity index (χ2v) is 6.49. The molecule has 2 rings (SSSR count). The van der Waals surface area contributed by atoms with Crippen LogP contribution in [0.5, 0.6) is 11.5 Å². The normalized spacial score (nSPS) is 11.7. The molecule has 0 aliphatic rings. The first-order valence-electron chi connectivity index (χ1n) is 7.13. The molecule has 0 fully saturated rings. The van der Waals surface area contributed by atoms with E-state index in [2.05, 4.69) is 10.6 Å². The topological polar surface area (TPSA) is 68.8 Å². The number of hydrogen-bond donors (Lipinski definition) is 2. The van der Waals surface area contributed by atoms with Crippen molar-refractivity contribution in [2.45, 2.75) is 6.10 Å². The summed E-state index contributed by atoms with van der Waals surface area (Å²) >= 11 is 7.35. The molecule has 2 amide bonds. The highest BCUT2D eigenvalue weighted by Crippen LogP contribution is 2.34. The van der Waals surface area contributed by atoms with Crippen LogP contribution in [0.1, 0.15) is 11.0 Å². The number of thiophene rings is 1. The van der Waals surface area contributed by atoms with Crippen LogP contribution in [0.25, 0.3) is 0 Å². The monoisotopic (exact) mass is 370 g/mol. The molecule has 0 aliphatic carbocycles. The van der Waals surface area contributed by atoms with Crippen LogP contribution >= 0.6 is 22.9 Å². The van der Waals surface area contributed by atoms with Gasteiger partial charge in [0.25, 0.3) is 0 Å². The van der Waals surface area contributed by atoms with Crippen molar-refractivity contribution in [3.63, 3.8) is 0 Å². The first kappa shape index (κ1) is 18.4. The summed E-state index contributed by atoms with van der Waals surface area (Å²) in [5.41, 5.74) is 0.516. The van der Waals surface area contributed by atoms with Crippen LogP contribution < -0.4 is 20.1 Å². The van der Waals surface area contributed by atoms with Crippen molar-refractivity contribution in [2.75, 3.05) is 33.2 Å². The summed E-state index contributed by atoms with van der Waals surface area (Å²) in [7, 11) is 4.64. The predicted octanol–water partition coefficient (Wildman–Crippen LogP) is 3.93. The third-order valence-corrected chi connectivity index (χ3v) is 4.62. The van der Waals surface area contributed by atoms with Crippen molar-refractivity contribution in [1.82, 2.24) is 5.32 Å². The van der Waals surface area contributed by atoms with Gasteiger partial charge in [0.1, 0.15) is 6.10 Å². The summed E-state index contributed by atoms with van der Waals surface area (Å²) in [5, 5.41) is 5.51. The van der Waals surface area contributed by atoms with Gasteiger partial charge in [-0.3, -0.25) is 0 Å². The van der Waals surface area contributed by atoms with Crippen LogP contribution in [0.15, 0.2) is 30.3 Å². The first-order valence-corrected chi connectivity index (χ1v) is 8.32. The highest BCUT2D eigenvalue weighted by molar-refractivity contribution is 7.16. The van der Waals surface area contributed by atoms with Crippen molar-refractivity contribution in [2.24, 2.45) is 0 Å². The Morgan fingerprint density at radius 3 is 2.58 bits per heavy atom. The molecule has 0 aliphatic heterocycles. The third-order valence-electron chi connectivity index (χ3n) is 3.30. The maximum atomic E-state index is 12.1. The van der Waals surface area contributed by atoms with Crippen LogP contribution in [-0.4, -0.2) is 33.9 Å². The van der Waals surface area contributed by atoms with Gasteiger partial charge >= 0.3 is 6.03 Å². The van der Waals surface area contributed by atoms with E-state index in [4.69, 9.17) is 25.8 Å². The quantitative estimate of drug-likeness (QED) is 0.774. The van der Waals surface area contributed by atoms with Gasteiger partial charge in [-0.1, -0.05) is 17.7 Å². The van der Waals surface area contributed by atoms with Crippen molar-refractivity contribution in [3.8, 4) is 11.5 Å². The molecule has 2 N–H and O–H groups in total. The average molecular weight is 371 g/mol. The smallest absolute Gasteiger partial charge is 0.319 e. The first-order chi connectivity index (χ1) is 11.6. The molecule has 2 aromatic rings. The number of ether oxygens (including phenoxy) is 3. The molecule has 1 atom stereocenters. The number of rotatable bonds is 7. The van der Waals surface area contributed by atoms with E-state index in [0.717, 1.165) is 4.88 Å². The molecule has 0 saturated heterocycles. The molecular weight excluding hydrogens is 352 g/mol. The number of hydrogen-bond acceptors (Lipinski definition) is 5. The van der Waals surface area contributed by atoms with Gasteiger partial charge in [0.2, 0.25) is 0 Å². The second-order valence-electron chi connectivity index (χ2n) is 4.74. The Hall–Kier alpha value is -1.96. The molecule has 1 heterocycles. The van der Waals surface area contributed by atoms with Crippen LogP contribution in [0.3, 0.4) is 0 Å².